The molecule has 0 aliphatic carbocycles. The zero-order valence-corrected chi connectivity index (χ0v) is 14.5. The highest BCUT2D eigenvalue weighted by Crippen LogP contribution is 2.30. The van der Waals surface area contributed by atoms with Gasteiger partial charge in [-0.1, -0.05) is 6.42 Å². The summed E-state index contributed by atoms with van der Waals surface area (Å²) in [6.07, 6.45) is 3.00. The van der Waals surface area contributed by atoms with Gasteiger partial charge in [0, 0.05) is 6.04 Å². The summed E-state index contributed by atoms with van der Waals surface area (Å²) in [6, 6.07) is 3.94. The van der Waals surface area contributed by atoms with Gasteiger partial charge in [-0.2, -0.15) is 0 Å². The summed E-state index contributed by atoms with van der Waals surface area (Å²) in [4.78, 5) is 0. The second kappa shape index (κ2) is 8.73. The minimum Gasteiger partial charge on any atom is -0.506 e. The summed E-state index contributed by atoms with van der Waals surface area (Å²) in [5, 5.41) is 9.65. The molecule has 1 atom stereocenters. The van der Waals surface area contributed by atoms with Crippen LogP contribution in [0.25, 0.3) is 0 Å². The van der Waals surface area contributed by atoms with Crippen LogP contribution in [0.3, 0.4) is 0 Å². The number of hydrogen-bond donors (Lipinski definition) is 3. The highest BCUT2D eigenvalue weighted by molar-refractivity contribution is 14.1. The van der Waals surface area contributed by atoms with Gasteiger partial charge in [0.25, 0.3) is 0 Å². The molecular weight excluding hydrogens is 465 g/mol. The molecule has 0 saturated heterocycles. The van der Waals surface area contributed by atoms with Crippen molar-refractivity contribution in [1.29, 1.82) is 0 Å². The molecule has 0 amide bonds. The van der Waals surface area contributed by atoms with Crippen LogP contribution in [0.15, 0.2) is 12.1 Å². The third-order valence-corrected chi connectivity index (χ3v) is 4.08. The number of unbranched alkanes of at least 4 members (excludes halogenated alkanes) is 1. The maximum atomic E-state index is 9.65. The van der Waals surface area contributed by atoms with E-state index in [4.69, 9.17) is 11.5 Å². The molecule has 0 unspecified atom stereocenters. The molecule has 0 fully saturated rings. The fraction of sp³-hybridized carbons (Fsp3) is 0.455. The van der Waals surface area contributed by atoms with Crippen LogP contribution in [0.4, 0.5) is 0 Å². The molecule has 0 spiro atoms. The third kappa shape index (κ3) is 5.46. The molecule has 6 heteroatoms. The number of benzene rings is 1. The van der Waals surface area contributed by atoms with E-state index >= 15 is 0 Å². The van der Waals surface area contributed by atoms with Gasteiger partial charge in [-0.05, 0) is 82.3 Å². The molecule has 0 aromatic heterocycles. The van der Waals surface area contributed by atoms with E-state index in [0.717, 1.165) is 38.5 Å². The van der Waals surface area contributed by atoms with Crippen LogP contribution < -0.4 is 11.5 Å². The van der Waals surface area contributed by atoms with E-state index in [1.54, 1.807) is 0 Å². The number of phenolic OH excluding ortho intramolecular Hbond substituents is 1. The van der Waals surface area contributed by atoms with E-state index < -0.39 is 0 Å². The Hall–Kier alpha value is 0.690. The van der Waals surface area contributed by atoms with Crippen molar-refractivity contribution in [1.82, 2.24) is 0 Å². The van der Waals surface area contributed by atoms with Crippen molar-refractivity contribution in [3.63, 3.8) is 0 Å². The van der Waals surface area contributed by atoms with E-state index in [1.165, 1.54) is 0 Å². The Balaban J connectivity index is 0.00000256. The summed E-state index contributed by atoms with van der Waals surface area (Å²) in [7, 11) is 0. The first-order valence-electron chi connectivity index (χ1n) is 5.19. The molecule has 1 rings (SSSR count). The van der Waals surface area contributed by atoms with Crippen molar-refractivity contribution in [2.45, 2.75) is 25.3 Å². The molecule has 0 bridgehead atoms. The molecule has 17 heavy (non-hydrogen) atoms. The van der Waals surface area contributed by atoms with E-state index in [9.17, 15) is 5.11 Å². The molecule has 5 N–H and O–H groups in total. The largest absolute Gasteiger partial charge is 0.506 e. The van der Waals surface area contributed by atoms with Crippen molar-refractivity contribution in [2.75, 3.05) is 6.54 Å². The molecule has 0 aliphatic heterocycles. The SMILES string of the molecule is Cl.NCCCC[C@H](N)c1cc(I)c(O)c(I)c1. The monoisotopic (exact) mass is 482 g/mol. The van der Waals surface area contributed by atoms with Crippen molar-refractivity contribution in [3.05, 3.63) is 24.8 Å². The summed E-state index contributed by atoms with van der Waals surface area (Å²) < 4.78 is 1.71. The van der Waals surface area contributed by atoms with Gasteiger partial charge in [0.1, 0.15) is 5.75 Å². The highest BCUT2D eigenvalue weighted by Gasteiger charge is 2.11. The van der Waals surface area contributed by atoms with Crippen LogP contribution in [0, 0.1) is 7.14 Å². The van der Waals surface area contributed by atoms with E-state index in [-0.39, 0.29) is 18.4 Å². The van der Waals surface area contributed by atoms with Gasteiger partial charge >= 0.3 is 0 Å². The molecular formula is C11H17ClI2N2O. The predicted molar refractivity (Wildman–Crippen MR) is 90.6 cm³/mol. The summed E-state index contributed by atoms with van der Waals surface area (Å²) in [5.41, 5.74) is 12.6. The summed E-state index contributed by atoms with van der Waals surface area (Å²) >= 11 is 4.25. The molecule has 0 radical (unpaired) electrons. The molecule has 0 aliphatic rings. The van der Waals surface area contributed by atoms with Crippen molar-refractivity contribution in [2.24, 2.45) is 11.5 Å². The van der Waals surface area contributed by atoms with Crippen molar-refractivity contribution < 1.29 is 5.11 Å². The van der Waals surface area contributed by atoms with Crippen molar-refractivity contribution >= 4 is 57.6 Å². The van der Waals surface area contributed by atoms with Crippen LogP contribution >= 0.6 is 57.6 Å². The number of hydrogen-bond acceptors (Lipinski definition) is 3. The standard InChI is InChI=1S/C11H16I2N2O.ClH/c12-8-5-7(6-9(13)11(8)16)10(15)3-1-2-4-14;/h5-6,10,16H,1-4,14-15H2;1H/t10-;/m0./s1. The number of rotatable bonds is 5. The zero-order valence-electron chi connectivity index (χ0n) is 9.33. The van der Waals surface area contributed by atoms with Gasteiger partial charge in [-0.3, -0.25) is 0 Å². The Morgan fingerprint density at radius 2 is 1.71 bits per heavy atom. The second-order valence-electron chi connectivity index (χ2n) is 3.72. The minimum atomic E-state index is 0. The lowest BCUT2D eigenvalue weighted by Gasteiger charge is -2.13. The molecule has 98 valence electrons. The lowest BCUT2D eigenvalue weighted by atomic mass is 10.0. The maximum Gasteiger partial charge on any atom is 0.142 e. The van der Waals surface area contributed by atoms with Gasteiger partial charge in [0.15, 0.2) is 0 Å². The van der Waals surface area contributed by atoms with Crippen LogP contribution in [0.1, 0.15) is 30.9 Å². The first kappa shape index (κ1) is 17.7. The Bertz CT molecular complexity index is 340. The number of aromatic hydroxyl groups is 1. The lowest BCUT2D eigenvalue weighted by molar-refractivity contribution is 0.466. The fourth-order valence-electron chi connectivity index (χ4n) is 1.47. The summed E-state index contributed by atoms with van der Waals surface area (Å²) in [5.74, 6) is 0.346. The van der Waals surface area contributed by atoms with Crippen LogP contribution in [0.2, 0.25) is 0 Å². The first-order valence-corrected chi connectivity index (χ1v) is 7.35. The van der Waals surface area contributed by atoms with E-state index in [1.807, 2.05) is 12.1 Å². The average molecular weight is 483 g/mol. The normalized spacial score (nSPS) is 12.0. The zero-order chi connectivity index (χ0) is 12.1. The third-order valence-electron chi connectivity index (χ3n) is 2.44. The van der Waals surface area contributed by atoms with E-state index in [0.29, 0.717) is 5.75 Å². The first-order chi connectivity index (χ1) is 7.56. The minimum absolute atomic E-state index is 0. The van der Waals surface area contributed by atoms with Gasteiger partial charge in [-0.15, -0.1) is 12.4 Å². The van der Waals surface area contributed by atoms with Gasteiger partial charge < -0.3 is 16.6 Å². The number of halogens is 3. The fourth-order valence-corrected chi connectivity index (χ4v) is 3.29. The topological polar surface area (TPSA) is 72.3 Å². The highest BCUT2D eigenvalue weighted by atomic mass is 127. The average Bonchev–Trinajstić information content (AvgIpc) is 2.25. The van der Waals surface area contributed by atoms with Crippen LogP contribution in [-0.2, 0) is 0 Å². The Morgan fingerprint density at radius 1 is 1.18 bits per heavy atom. The second-order valence-corrected chi connectivity index (χ2v) is 6.05. The van der Waals surface area contributed by atoms with Crippen LogP contribution in [0.5, 0.6) is 5.75 Å². The lowest BCUT2D eigenvalue weighted by Crippen LogP contribution is -2.11. The number of phenols is 1. The Labute approximate surface area is 135 Å². The maximum absolute atomic E-state index is 9.65. The Kier molecular flexibility index (Phi) is 9.09. The van der Waals surface area contributed by atoms with E-state index in [2.05, 4.69) is 45.2 Å². The number of nitrogens with two attached hydrogens (primary N) is 2. The predicted octanol–water partition coefficient (Wildman–Crippen LogP) is 3.15. The molecule has 1 aromatic carbocycles. The quantitative estimate of drug-likeness (QED) is 0.446. The molecule has 3 nitrogen and oxygen atoms in total. The summed E-state index contributed by atoms with van der Waals surface area (Å²) in [6.45, 7) is 0.720. The molecule has 0 saturated carbocycles. The van der Waals surface area contributed by atoms with Gasteiger partial charge in [0.05, 0.1) is 7.14 Å². The van der Waals surface area contributed by atoms with Gasteiger partial charge in [-0.25, -0.2) is 0 Å². The van der Waals surface area contributed by atoms with Crippen LogP contribution in [-0.4, -0.2) is 11.7 Å². The molecule has 0 heterocycles. The Morgan fingerprint density at radius 3 is 2.18 bits per heavy atom. The molecule has 1 aromatic rings. The van der Waals surface area contributed by atoms with Gasteiger partial charge in [0.2, 0.25) is 0 Å². The van der Waals surface area contributed by atoms with Crippen molar-refractivity contribution in [3.8, 4) is 5.75 Å². The smallest absolute Gasteiger partial charge is 0.142 e.